The second-order valence-electron chi connectivity index (χ2n) is 4.30. The van der Waals surface area contributed by atoms with E-state index in [2.05, 4.69) is 9.97 Å². The highest BCUT2D eigenvalue weighted by molar-refractivity contribution is 5.09. The molecule has 5 heteroatoms. The van der Waals surface area contributed by atoms with Crippen LogP contribution >= 0.6 is 0 Å². The molecule has 0 saturated carbocycles. The van der Waals surface area contributed by atoms with Crippen molar-refractivity contribution in [3.05, 3.63) is 32.6 Å². The standard InChI is InChI=1S/C9H14N2O3/c1-9(2,3)6(12)5-4-10-8(14)11-7(5)13/h4,6,12H,1-3H3,(H2,10,11,13,14). The molecule has 1 atom stereocenters. The maximum absolute atomic E-state index is 11.3. The number of aliphatic hydroxyl groups is 1. The van der Waals surface area contributed by atoms with E-state index >= 15 is 0 Å². The summed E-state index contributed by atoms with van der Waals surface area (Å²) in [6.45, 7) is 5.42. The molecule has 1 unspecified atom stereocenters. The fourth-order valence-electron chi connectivity index (χ4n) is 1.09. The summed E-state index contributed by atoms with van der Waals surface area (Å²) < 4.78 is 0. The van der Waals surface area contributed by atoms with Gasteiger partial charge in [-0.05, 0) is 5.41 Å². The van der Waals surface area contributed by atoms with Crippen LogP contribution in [-0.4, -0.2) is 15.1 Å². The molecule has 78 valence electrons. The Kier molecular flexibility index (Phi) is 2.62. The normalized spacial score (nSPS) is 14.0. The Labute approximate surface area is 80.8 Å². The van der Waals surface area contributed by atoms with Gasteiger partial charge in [0.05, 0.1) is 11.7 Å². The SMILES string of the molecule is CC(C)(C)C(O)c1c[nH]c(=O)[nH]c1=O. The Bertz CT molecular complexity index is 425. The first-order valence-electron chi connectivity index (χ1n) is 4.32. The molecule has 0 aromatic carbocycles. The smallest absolute Gasteiger partial charge is 0.325 e. The maximum atomic E-state index is 11.3. The van der Waals surface area contributed by atoms with Crippen LogP contribution in [0.4, 0.5) is 0 Å². The monoisotopic (exact) mass is 198 g/mol. The second kappa shape index (κ2) is 3.42. The van der Waals surface area contributed by atoms with E-state index in [1.807, 2.05) is 20.8 Å². The summed E-state index contributed by atoms with van der Waals surface area (Å²) in [6, 6.07) is 0. The van der Waals surface area contributed by atoms with Crippen LogP contribution in [0.1, 0.15) is 32.4 Å². The van der Waals surface area contributed by atoms with Gasteiger partial charge in [-0.3, -0.25) is 9.78 Å². The van der Waals surface area contributed by atoms with Gasteiger partial charge in [-0.15, -0.1) is 0 Å². The van der Waals surface area contributed by atoms with Crippen LogP contribution in [0.2, 0.25) is 0 Å². The number of H-pyrrole nitrogens is 2. The average Bonchev–Trinajstić information content (AvgIpc) is 2.01. The van der Waals surface area contributed by atoms with Gasteiger partial charge in [-0.25, -0.2) is 4.79 Å². The number of hydrogen-bond acceptors (Lipinski definition) is 3. The zero-order valence-electron chi connectivity index (χ0n) is 8.42. The molecule has 0 amide bonds. The molecule has 1 heterocycles. The quantitative estimate of drug-likeness (QED) is 0.600. The third-order valence-electron chi connectivity index (χ3n) is 1.96. The number of aliphatic hydroxyl groups excluding tert-OH is 1. The van der Waals surface area contributed by atoms with Gasteiger partial charge in [-0.2, -0.15) is 0 Å². The lowest BCUT2D eigenvalue weighted by molar-refractivity contribution is 0.0610. The van der Waals surface area contributed by atoms with Crippen LogP contribution in [-0.2, 0) is 0 Å². The molecule has 3 N–H and O–H groups in total. The first-order chi connectivity index (χ1) is 6.32. The Morgan fingerprint density at radius 1 is 1.36 bits per heavy atom. The molecule has 1 rings (SSSR count). The molecule has 0 spiro atoms. The molecule has 14 heavy (non-hydrogen) atoms. The Morgan fingerprint density at radius 2 is 1.93 bits per heavy atom. The van der Waals surface area contributed by atoms with Gasteiger partial charge in [-0.1, -0.05) is 20.8 Å². The molecule has 0 aliphatic rings. The molecule has 0 aliphatic carbocycles. The van der Waals surface area contributed by atoms with E-state index in [9.17, 15) is 14.7 Å². The third kappa shape index (κ3) is 2.11. The summed E-state index contributed by atoms with van der Waals surface area (Å²) in [6.07, 6.45) is 0.347. The largest absolute Gasteiger partial charge is 0.388 e. The topological polar surface area (TPSA) is 85.9 Å². The van der Waals surface area contributed by atoms with Gasteiger partial charge in [0, 0.05) is 6.20 Å². The lowest BCUT2D eigenvalue weighted by atomic mass is 9.86. The summed E-state index contributed by atoms with van der Waals surface area (Å²) in [7, 11) is 0. The van der Waals surface area contributed by atoms with Gasteiger partial charge < -0.3 is 10.1 Å². The van der Waals surface area contributed by atoms with Crippen molar-refractivity contribution in [2.45, 2.75) is 26.9 Å². The van der Waals surface area contributed by atoms with Crippen LogP contribution in [0.3, 0.4) is 0 Å². The van der Waals surface area contributed by atoms with E-state index < -0.39 is 22.8 Å². The predicted octanol–water partition coefficient (Wildman–Crippen LogP) is 0.143. The summed E-state index contributed by atoms with van der Waals surface area (Å²) >= 11 is 0. The number of aromatic nitrogens is 2. The second-order valence-corrected chi connectivity index (χ2v) is 4.30. The van der Waals surface area contributed by atoms with E-state index in [-0.39, 0.29) is 5.56 Å². The molecular weight excluding hydrogens is 184 g/mol. The fourth-order valence-corrected chi connectivity index (χ4v) is 1.09. The van der Waals surface area contributed by atoms with Crippen molar-refractivity contribution in [2.75, 3.05) is 0 Å². The predicted molar refractivity (Wildman–Crippen MR) is 52.1 cm³/mol. The van der Waals surface area contributed by atoms with E-state index in [0.29, 0.717) is 0 Å². The lowest BCUT2D eigenvalue weighted by Crippen LogP contribution is -2.30. The molecule has 0 saturated heterocycles. The Hall–Kier alpha value is -1.36. The number of rotatable bonds is 1. The Morgan fingerprint density at radius 3 is 2.36 bits per heavy atom. The van der Waals surface area contributed by atoms with E-state index in [0.717, 1.165) is 0 Å². The van der Waals surface area contributed by atoms with E-state index in [1.54, 1.807) is 0 Å². The van der Waals surface area contributed by atoms with Crippen molar-refractivity contribution in [2.24, 2.45) is 5.41 Å². The first-order valence-corrected chi connectivity index (χ1v) is 4.32. The van der Waals surface area contributed by atoms with E-state index in [4.69, 9.17) is 0 Å². The van der Waals surface area contributed by atoms with E-state index in [1.165, 1.54) is 6.20 Å². The molecule has 1 aromatic rings. The molecule has 0 aliphatic heterocycles. The molecule has 5 nitrogen and oxygen atoms in total. The number of hydrogen-bond donors (Lipinski definition) is 3. The van der Waals surface area contributed by atoms with Crippen molar-refractivity contribution in [3.63, 3.8) is 0 Å². The highest BCUT2D eigenvalue weighted by Gasteiger charge is 2.26. The molecule has 0 bridgehead atoms. The van der Waals surface area contributed by atoms with Crippen molar-refractivity contribution in [1.29, 1.82) is 0 Å². The molecule has 0 fully saturated rings. The summed E-state index contributed by atoms with van der Waals surface area (Å²) in [5, 5.41) is 9.79. The molecule has 1 aromatic heterocycles. The third-order valence-corrected chi connectivity index (χ3v) is 1.96. The van der Waals surface area contributed by atoms with Crippen LogP contribution < -0.4 is 11.2 Å². The van der Waals surface area contributed by atoms with Gasteiger partial charge in [0.25, 0.3) is 5.56 Å². The van der Waals surface area contributed by atoms with Crippen LogP contribution in [0, 0.1) is 5.41 Å². The minimum Gasteiger partial charge on any atom is -0.388 e. The highest BCUT2D eigenvalue weighted by atomic mass is 16.3. The van der Waals surface area contributed by atoms with Crippen molar-refractivity contribution in [3.8, 4) is 0 Å². The Balaban J connectivity index is 3.21. The zero-order chi connectivity index (χ0) is 10.9. The molecular formula is C9H14N2O3. The van der Waals surface area contributed by atoms with Crippen molar-refractivity contribution in [1.82, 2.24) is 9.97 Å². The minimum absolute atomic E-state index is 0.178. The summed E-state index contributed by atoms with van der Waals surface area (Å²) in [4.78, 5) is 26.4. The zero-order valence-corrected chi connectivity index (χ0v) is 8.42. The number of nitrogens with one attached hydrogen (secondary N) is 2. The average molecular weight is 198 g/mol. The number of aromatic amines is 2. The first kappa shape index (κ1) is 10.7. The molecule has 0 radical (unpaired) electrons. The van der Waals surface area contributed by atoms with Crippen molar-refractivity contribution >= 4 is 0 Å². The van der Waals surface area contributed by atoms with Gasteiger partial charge in [0.1, 0.15) is 0 Å². The van der Waals surface area contributed by atoms with Crippen LogP contribution in [0.25, 0.3) is 0 Å². The van der Waals surface area contributed by atoms with Crippen molar-refractivity contribution < 1.29 is 5.11 Å². The van der Waals surface area contributed by atoms with Crippen LogP contribution in [0.5, 0.6) is 0 Å². The van der Waals surface area contributed by atoms with Gasteiger partial charge in [0.15, 0.2) is 0 Å². The lowest BCUT2D eigenvalue weighted by Gasteiger charge is -2.24. The van der Waals surface area contributed by atoms with Gasteiger partial charge >= 0.3 is 5.69 Å². The highest BCUT2D eigenvalue weighted by Crippen LogP contribution is 2.29. The summed E-state index contributed by atoms with van der Waals surface area (Å²) in [5.41, 5.74) is -1.38. The minimum atomic E-state index is -0.900. The maximum Gasteiger partial charge on any atom is 0.325 e. The fraction of sp³-hybridized carbons (Fsp3) is 0.556. The summed E-state index contributed by atoms with van der Waals surface area (Å²) in [5.74, 6) is 0. The van der Waals surface area contributed by atoms with Crippen LogP contribution in [0.15, 0.2) is 15.8 Å². The van der Waals surface area contributed by atoms with Gasteiger partial charge in [0.2, 0.25) is 0 Å².